The van der Waals surface area contributed by atoms with E-state index in [9.17, 15) is 14.4 Å². The second-order valence-electron chi connectivity index (χ2n) is 8.47. The molecule has 8 N–H and O–H groups in total. The topological polar surface area (TPSA) is 186 Å². The van der Waals surface area contributed by atoms with Crippen LogP contribution in [0.3, 0.4) is 0 Å². The molecule has 0 saturated heterocycles. The number of nitrogen functional groups attached to an aromatic ring is 2. The van der Waals surface area contributed by atoms with Gasteiger partial charge in [0.25, 0.3) is 11.8 Å². The van der Waals surface area contributed by atoms with Crippen LogP contribution in [0.2, 0.25) is 0 Å². The summed E-state index contributed by atoms with van der Waals surface area (Å²) in [6.45, 7) is 11.2. The van der Waals surface area contributed by atoms with Gasteiger partial charge in [0.05, 0.1) is 6.33 Å². The molecule has 2 heterocycles. The summed E-state index contributed by atoms with van der Waals surface area (Å²) in [5.74, 6) is -0.395. The standard InChI is InChI=1S/C10H17N5O2.C8H14N4O/c1-10(2,3)14-8(16)6-7(11)15(5-13-6)9(17)12-4;1-8(2,3)12-7(13)5-6(9)11-4-10-5/h5H,11H2,1-4H3,(H,12,17)(H,14,16);4H,9H2,1-3H3,(H,10,11)(H,12,13). The number of amides is 3. The summed E-state index contributed by atoms with van der Waals surface area (Å²) in [6, 6.07) is -0.440. The SMILES string of the molecule is CC(C)(C)NC(=O)c1[nH]cnc1N.CNC(=O)n1cnc(C(=O)NC(C)(C)C)c1N. The van der Waals surface area contributed by atoms with Crippen molar-refractivity contribution >= 4 is 29.5 Å². The summed E-state index contributed by atoms with van der Waals surface area (Å²) in [7, 11) is 1.47. The van der Waals surface area contributed by atoms with Gasteiger partial charge in [-0.05, 0) is 41.5 Å². The van der Waals surface area contributed by atoms with Gasteiger partial charge in [-0.1, -0.05) is 0 Å². The lowest BCUT2D eigenvalue weighted by atomic mass is 10.1. The highest BCUT2D eigenvalue weighted by Gasteiger charge is 2.22. The molecular weight excluding hydrogens is 390 g/mol. The molecule has 12 nitrogen and oxygen atoms in total. The molecule has 0 fully saturated rings. The van der Waals surface area contributed by atoms with Gasteiger partial charge in [0.1, 0.15) is 17.8 Å². The van der Waals surface area contributed by atoms with Crippen LogP contribution in [0.1, 0.15) is 62.5 Å². The number of carbonyl (C=O) groups is 3. The molecule has 166 valence electrons. The predicted octanol–water partition coefficient (Wildman–Crippen LogP) is 0.701. The van der Waals surface area contributed by atoms with E-state index < -0.39 is 11.9 Å². The maximum Gasteiger partial charge on any atom is 0.328 e. The minimum Gasteiger partial charge on any atom is -0.383 e. The molecule has 0 aromatic carbocycles. The van der Waals surface area contributed by atoms with Crippen molar-refractivity contribution in [2.45, 2.75) is 52.6 Å². The van der Waals surface area contributed by atoms with Crippen LogP contribution in [0.4, 0.5) is 16.4 Å². The Balaban J connectivity index is 0.000000311. The van der Waals surface area contributed by atoms with E-state index in [1.165, 1.54) is 19.7 Å². The smallest absolute Gasteiger partial charge is 0.328 e. The van der Waals surface area contributed by atoms with Crippen LogP contribution in [-0.2, 0) is 0 Å². The van der Waals surface area contributed by atoms with E-state index in [4.69, 9.17) is 11.5 Å². The lowest BCUT2D eigenvalue weighted by Crippen LogP contribution is -2.41. The van der Waals surface area contributed by atoms with Crippen LogP contribution in [0.5, 0.6) is 0 Å². The Morgan fingerprint density at radius 1 is 0.967 bits per heavy atom. The summed E-state index contributed by atoms with van der Waals surface area (Å²) in [4.78, 5) is 44.9. The van der Waals surface area contributed by atoms with Gasteiger partial charge in [-0.15, -0.1) is 0 Å². The molecule has 30 heavy (non-hydrogen) atoms. The first-order valence-corrected chi connectivity index (χ1v) is 9.15. The van der Waals surface area contributed by atoms with Crippen molar-refractivity contribution in [2.24, 2.45) is 0 Å². The fourth-order valence-corrected chi connectivity index (χ4v) is 2.10. The molecule has 0 aliphatic rings. The van der Waals surface area contributed by atoms with Crippen molar-refractivity contribution in [3.63, 3.8) is 0 Å². The molecule has 0 radical (unpaired) electrons. The third-order valence-corrected chi connectivity index (χ3v) is 3.32. The molecule has 0 saturated carbocycles. The van der Waals surface area contributed by atoms with Gasteiger partial charge < -0.3 is 32.4 Å². The lowest BCUT2D eigenvalue weighted by molar-refractivity contribution is 0.0906. The van der Waals surface area contributed by atoms with E-state index in [0.29, 0.717) is 5.69 Å². The average Bonchev–Trinajstić information content (AvgIpc) is 3.17. The maximum atomic E-state index is 11.8. The van der Waals surface area contributed by atoms with Crippen LogP contribution in [0, 0.1) is 0 Å². The quantitative estimate of drug-likeness (QED) is 0.412. The normalized spacial score (nSPS) is 11.2. The Labute approximate surface area is 175 Å². The fraction of sp³-hybridized carbons (Fsp3) is 0.500. The molecule has 0 aliphatic carbocycles. The second-order valence-corrected chi connectivity index (χ2v) is 8.47. The number of carbonyl (C=O) groups excluding carboxylic acids is 3. The summed E-state index contributed by atoms with van der Waals surface area (Å²) < 4.78 is 1.08. The van der Waals surface area contributed by atoms with Gasteiger partial charge in [0.15, 0.2) is 11.5 Å². The van der Waals surface area contributed by atoms with Gasteiger partial charge in [-0.25, -0.2) is 19.3 Å². The predicted molar refractivity (Wildman–Crippen MR) is 114 cm³/mol. The van der Waals surface area contributed by atoms with E-state index in [2.05, 4.69) is 30.9 Å². The van der Waals surface area contributed by atoms with E-state index in [-0.39, 0.29) is 34.3 Å². The molecule has 0 spiro atoms. The molecule has 0 atom stereocenters. The summed E-state index contributed by atoms with van der Waals surface area (Å²) in [5.41, 5.74) is 10.8. The Bertz CT molecular complexity index is 901. The minimum absolute atomic E-state index is 0.0195. The summed E-state index contributed by atoms with van der Waals surface area (Å²) >= 11 is 0. The van der Waals surface area contributed by atoms with E-state index in [0.717, 1.165) is 4.57 Å². The number of nitrogens with one attached hydrogen (secondary N) is 4. The Hall–Kier alpha value is -3.57. The number of imidazole rings is 2. The molecule has 2 aromatic heterocycles. The Kier molecular flexibility index (Phi) is 7.57. The summed E-state index contributed by atoms with van der Waals surface area (Å²) in [5, 5.41) is 7.89. The molecular formula is C18H31N9O3. The first kappa shape index (κ1) is 24.5. The van der Waals surface area contributed by atoms with Gasteiger partial charge in [0.2, 0.25) is 0 Å². The van der Waals surface area contributed by atoms with Crippen molar-refractivity contribution < 1.29 is 14.4 Å². The summed E-state index contributed by atoms with van der Waals surface area (Å²) in [6.07, 6.45) is 2.61. The van der Waals surface area contributed by atoms with Gasteiger partial charge in [-0.3, -0.25) is 9.59 Å². The van der Waals surface area contributed by atoms with Crippen molar-refractivity contribution in [1.82, 2.24) is 35.5 Å². The molecule has 3 amide bonds. The van der Waals surface area contributed by atoms with Gasteiger partial charge in [0, 0.05) is 18.1 Å². The number of aromatic amines is 1. The zero-order chi connectivity index (χ0) is 23.3. The Morgan fingerprint density at radius 3 is 1.93 bits per heavy atom. The zero-order valence-corrected chi connectivity index (χ0v) is 18.4. The number of hydrogen-bond donors (Lipinski definition) is 6. The largest absolute Gasteiger partial charge is 0.383 e. The Morgan fingerprint density at radius 2 is 1.50 bits per heavy atom. The molecule has 0 bridgehead atoms. The number of H-pyrrole nitrogens is 1. The second kappa shape index (κ2) is 9.29. The van der Waals surface area contributed by atoms with Crippen molar-refractivity contribution in [2.75, 3.05) is 18.5 Å². The third kappa shape index (κ3) is 7.11. The third-order valence-electron chi connectivity index (χ3n) is 3.32. The van der Waals surface area contributed by atoms with Crippen LogP contribution in [-0.4, -0.2) is 55.5 Å². The van der Waals surface area contributed by atoms with Crippen LogP contribution in [0.25, 0.3) is 0 Å². The average molecular weight is 422 g/mol. The molecule has 2 rings (SSSR count). The first-order valence-electron chi connectivity index (χ1n) is 9.15. The van der Waals surface area contributed by atoms with Crippen LogP contribution >= 0.6 is 0 Å². The van der Waals surface area contributed by atoms with Crippen molar-refractivity contribution in [1.29, 1.82) is 0 Å². The van der Waals surface area contributed by atoms with Crippen LogP contribution in [0.15, 0.2) is 12.7 Å². The van der Waals surface area contributed by atoms with Crippen LogP contribution < -0.4 is 27.4 Å². The minimum atomic E-state index is -0.440. The number of nitrogens with zero attached hydrogens (tertiary/aromatic N) is 3. The van der Waals surface area contributed by atoms with E-state index in [1.54, 1.807) is 0 Å². The van der Waals surface area contributed by atoms with Crippen molar-refractivity contribution in [3.8, 4) is 0 Å². The van der Waals surface area contributed by atoms with Gasteiger partial charge in [-0.2, -0.15) is 0 Å². The molecule has 0 aliphatic heterocycles. The maximum absolute atomic E-state index is 11.8. The molecule has 12 heteroatoms. The highest BCUT2D eigenvalue weighted by molar-refractivity contribution is 5.98. The van der Waals surface area contributed by atoms with Gasteiger partial charge >= 0.3 is 6.03 Å². The highest BCUT2D eigenvalue weighted by Crippen LogP contribution is 2.11. The number of aromatic nitrogens is 4. The molecule has 2 aromatic rings. The highest BCUT2D eigenvalue weighted by atomic mass is 16.2. The zero-order valence-electron chi connectivity index (χ0n) is 18.4. The number of hydrogen-bond acceptors (Lipinski definition) is 7. The monoisotopic (exact) mass is 421 g/mol. The number of anilines is 2. The fourth-order valence-electron chi connectivity index (χ4n) is 2.10. The lowest BCUT2D eigenvalue weighted by Gasteiger charge is -2.19. The van der Waals surface area contributed by atoms with E-state index >= 15 is 0 Å². The van der Waals surface area contributed by atoms with E-state index in [1.807, 2.05) is 41.5 Å². The number of rotatable bonds is 2. The number of nitrogens with two attached hydrogens (primary N) is 2. The van der Waals surface area contributed by atoms with Crippen molar-refractivity contribution in [3.05, 3.63) is 24.0 Å². The first-order chi connectivity index (χ1) is 13.7. The molecule has 0 unspecified atom stereocenters.